The fourth-order valence-corrected chi connectivity index (χ4v) is 3.03. The minimum atomic E-state index is 0.572. The molecule has 3 nitrogen and oxygen atoms in total. The van der Waals surface area contributed by atoms with E-state index in [0.717, 1.165) is 26.2 Å². The van der Waals surface area contributed by atoms with Crippen LogP contribution in [0.25, 0.3) is 0 Å². The Morgan fingerprint density at radius 1 is 1.39 bits per heavy atom. The molecule has 1 atom stereocenters. The summed E-state index contributed by atoms with van der Waals surface area (Å²) in [4.78, 5) is 5.39. The summed E-state index contributed by atoms with van der Waals surface area (Å²) in [6.45, 7) is 4.00. The molecule has 18 heavy (non-hydrogen) atoms. The molecule has 1 aliphatic heterocycles. The van der Waals surface area contributed by atoms with Gasteiger partial charge in [-0.2, -0.15) is 0 Å². The third kappa shape index (κ3) is 2.61. The zero-order chi connectivity index (χ0) is 12.2. The van der Waals surface area contributed by atoms with Gasteiger partial charge < -0.3 is 10.6 Å². The normalized spacial score (nSPS) is 18.6. The van der Waals surface area contributed by atoms with Crippen LogP contribution in [0.5, 0.6) is 0 Å². The van der Waals surface area contributed by atoms with E-state index < -0.39 is 0 Å². The second kappa shape index (κ2) is 5.61. The number of fused-ring (bicyclic) bond motifs is 1. The molecule has 2 aromatic rings. The number of rotatable bonds is 4. The summed E-state index contributed by atoms with van der Waals surface area (Å²) in [5.74, 6) is 0.572. The molecule has 1 aromatic carbocycles. The molecular weight excluding hydrogens is 242 g/mol. The van der Waals surface area contributed by atoms with E-state index in [1.165, 1.54) is 16.0 Å². The van der Waals surface area contributed by atoms with Crippen LogP contribution in [0, 0.1) is 0 Å². The van der Waals surface area contributed by atoms with Crippen LogP contribution in [0.15, 0.2) is 36.0 Å². The molecule has 0 aliphatic carbocycles. The maximum absolute atomic E-state index is 4.09. The average Bonchev–Trinajstić information content (AvgIpc) is 2.92. The first-order valence-corrected chi connectivity index (χ1v) is 7.18. The lowest BCUT2D eigenvalue weighted by atomic mass is 9.91. The molecule has 1 unspecified atom stereocenters. The van der Waals surface area contributed by atoms with Crippen LogP contribution < -0.4 is 10.6 Å². The monoisotopic (exact) mass is 259 g/mol. The molecule has 0 radical (unpaired) electrons. The summed E-state index contributed by atoms with van der Waals surface area (Å²) in [5, 5.41) is 7.01. The van der Waals surface area contributed by atoms with Crippen molar-refractivity contribution in [2.45, 2.75) is 19.0 Å². The molecule has 0 bridgehead atoms. The Morgan fingerprint density at radius 2 is 2.33 bits per heavy atom. The van der Waals surface area contributed by atoms with E-state index in [1.54, 1.807) is 11.3 Å². The second-order valence-corrected chi connectivity index (χ2v) is 5.60. The average molecular weight is 259 g/mol. The second-order valence-electron chi connectivity index (χ2n) is 4.63. The van der Waals surface area contributed by atoms with Gasteiger partial charge >= 0.3 is 0 Å². The number of benzene rings is 1. The van der Waals surface area contributed by atoms with E-state index in [9.17, 15) is 0 Å². The number of hydrogen-bond donors (Lipinski definition) is 2. The maximum atomic E-state index is 4.09. The highest BCUT2D eigenvalue weighted by atomic mass is 32.1. The van der Waals surface area contributed by atoms with Crippen molar-refractivity contribution in [3.63, 3.8) is 0 Å². The van der Waals surface area contributed by atoms with E-state index >= 15 is 0 Å². The van der Waals surface area contributed by atoms with Crippen molar-refractivity contribution in [1.82, 2.24) is 15.6 Å². The summed E-state index contributed by atoms with van der Waals surface area (Å²) in [6.07, 6.45) is 1.94. The first-order valence-electron chi connectivity index (χ1n) is 6.30. The molecule has 0 saturated heterocycles. The van der Waals surface area contributed by atoms with Gasteiger partial charge in [-0.3, -0.25) is 4.98 Å². The summed E-state index contributed by atoms with van der Waals surface area (Å²) in [7, 11) is 0. The Hall–Kier alpha value is -1.23. The molecule has 4 heteroatoms. The quantitative estimate of drug-likeness (QED) is 0.883. The summed E-state index contributed by atoms with van der Waals surface area (Å²) >= 11 is 1.71. The minimum absolute atomic E-state index is 0.572. The Labute approximate surface area is 111 Å². The molecule has 0 amide bonds. The minimum Gasteiger partial charge on any atom is -0.312 e. The predicted molar refractivity (Wildman–Crippen MR) is 74.7 cm³/mol. The zero-order valence-corrected chi connectivity index (χ0v) is 11.0. The Kier molecular flexibility index (Phi) is 3.69. The molecule has 0 saturated carbocycles. The first-order chi connectivity index (χ1) is 8.93. The van der Waals surface area contributed by atoms with Crippen molar-refractivity contribution in [3.8, 4) is 0 Å². The number of nitrogens with one attached hydrogen (secondary N) is 2. The van der Waals surface area contributed by atoms with Crippen LogP contribution in [-0.2, 0) is 13.1 Å². The molecule has 2 N–H and O–H groups in total. The van der Waals surface area contributed by atoms with Crippen LogP contribution in [0.3, 0.4) is 0 Å². The Balaban J connectivity index is 1.60. The fraction of sp³-hybridized carbons (Fsp3) is 0.357. The fourth-order valence-electron chi connectivity index (χ4n) is 2.47. The standard InChI is InChI=1S/C14H17N3S/c1-2-4-14-11(3-1)5-15-6-12(14)7-16-8-13-9-17-10-18-13/h1-4,9-10,12,15-16H,5-8H2. The summed E-state index contributed by atoms with van der Waals surface area (Å²) in [5.41, 5.74) is 4.82. The van der Waals surface area contributed by atoms with Crippen LogP contribution in [0.1, 0.15) is 21.9 Å². The van der Waals surface area contributed by atoms with E-state index in [1.807, 2.05) is 11.7 Å². The third-order valence-corrected chi connectivity index (χ3v) is 4.15. The third-order valence-electron chi connectivity index (χ3n) is 3.37. The number of hydrogen-bond acceptors (Lipinski definition) is 4. The Bertz CT molecular complexity index is 496. The highest BCUT2D eigenvalue weighted by molar-refractivity contribution is 7.09. The van der Waals surface area contributed by atoms with Gasteiger partial charge in [-0.25, -0.2) is 0 Å². The van der Waals surface area contributed by atoms with Crippen molar-refractivity contribution in [3.05, 3.63) is 52.0 Å². The number of aromatic nitrogens is 1. The summed E-state index contributed by atoms with van der Waals surface area (Å²) in [6, 6.07) is 8.74. The molecule has 94 valence electrons. The number of thiazole rings is 1. The van der Waals surface area contributed by atoms with Crippen molar-refractivity contribution >= 4 is 11.3 Å². The van der Waals surface area contributed by atoms with Crippen molar-refractivity contribution in [2.75, 3.05) is 13.1 Å². The van der Waals surface area contributed by atoms with Gasteiger partial charge in [0.1, 0.15) is 0 Å². The topological polar surface area (TPSA) is 37.0 Å². The lowest BCUT2D eigenvalue weighted by molar-refractivity contribution is 0.504. The van der Waals surface area contributed by atoms with Crippen LogP contribution >= 0.6 is 11.3 Å². The van der Waals surface area contributed by atoms with Gasteiger partial charge in [-0.1, -0.05) is 24.3 Å². The van der Waals surface area contributed by atoms with Gasteiger partial charge in [0.05, 0.1) is 5.51 Å². The lowest BCUT2D eigenvalue weighted by Gasteiger charge is -2.26. The highest BCUT2D eigenvalue weighted by Crippen LogP contribution is 2.23. The molecular formula is C14H17N3S. The number of nitrogens with zero attached hydrogens (tertiary/aromatic N) is 1. The molecule has 1 aliphatic rings. The van der Waals surface area contributed by atoms with Gasteiger partial charge in [-0.05, 0) is 11.1 Å². The predicted octanol–water partition coefficient (Wildman–Crippen LogP) is 2.12. The molecule has 1 aromatic heterocycles. The van der Waals surface area contributed by atoms with Gasteiger partial charge in [-0.15, -0.1) is 11.3 Å². The molecule has 0 fully saturated rings. The SMILES string of the molecule is c1ccc2c(c1)CNCC2CNCc1cncs1. The molecule has 2 heterocycles. The van der Waals surface area contributed by atoms with E-state index in [2.05, 4.69) is 39.9 Å². The van der Waals surface area contributed by atoms with Gasteiger partial charge in [0.15, 0.2) is 0 Å². The largest absolute Gasteiger partial charge is 0.312 e. The van der Waals surface area contributed by atoms with E-state index in [4.69, 9.17) is 0 Å². The van der Waals surface area contributed by atoms with Crippen LogP contribution in [0.2, 0.25) is 0 Å². The highest BCUT2D eigenvalue weighted by Gasteiger charge is 2.18. The van der Waals surface area contributed by atoms with Crippen molar-refractivity contribution in [2.24, 2.45) is 0 Å². The lowest BCUT2D eigenvalue weighted by Crippen LogP contribution is -2.34. The molecule has 0 spiro atoms. The summed E-state index contributed by atoms with van der Waals surface area (Å²) < 4.78 is 0. The smallest absolute Gasteiger partial charge is 0.0794 e. The Morgan fingerprint density at radius 3 is 3.22 bits per heavy atom. The van der Waals surface area contributed by atoms with Crippen LogP contribution in [-0.4, -0.2) is 18.1 Å². The van der Waals surface area contributed by atoms with Crippen molar-refractivity contribution < 1.29 is 0 Å². The van der Waals surface area contributed by atoms with Crippen LogP contribution in [0.4, 0.5) is 0 Å². The van der Waals surface area contributed by atoms with Gasteiger partial charge in [0, 0.05) is 43.2 Å². The first kappa shape index (κ1) is 11.8. The van der Waals surface area contributed by atoms with E-state index in [0.29, 0.717) is 5.92 Å². The van der Waals surface area contributed by atoms with E-state index in [-0.39, 0.29) is 0 Å². The molecule has 3 rings (SSSR count). The maximum Gasteiger partial charge on any atom is 0.0794 e. The van der Waals surface area contributed by atoms with Gasteiger partial charge in [0.25, 0.3) is 0 Å². The van der Waals surface area contributed by atoms with Crippen molar-refractivity contribution in [1.29, 1.82) is 0 Å². The zero-order valence-electron chi connectivity index (χ0n) is 10.2. The van der Waals surface area contributed by atoms with Gasteiger partial charge in [0.2, 0.25) is 0 Å².